The highest BCUT2D eigenvalue weighted by atomic mass is 35.5. The molecule has 4 nitrogen and oxygen atoms in total. The predicted molar refractivity (Wildman–Crippen MR) is 49.0 cm³/mol. The zero-order valence-corrected chi connectivity index (χ0v) is 7.76. The van der Waals surface area contributed by atoms with Crippen LogP contribution in [0.3, 0.4) is 0 Å². The van der Waals surface area contributed by atoms with E-state index in [4.69, 9.17) is 16.4 Å². The summed E-state index contributed by atoms with van der Waals surface area (Å²) < 4.78 is 0. The molecule has 0 bridgehead atoms. The second-order valence-corrected chi connectivity index (χ2v) is 2.78. The third-order valence-electron chi connectivity index (χ3n) is 1.19. The molecule has 0 atom stereocenters. The van der Waals surface area contributed by atoms with E-state index in [0.717, 1.165) is 0 Å². The molecule has 0 aliphatic heterocycles. The van der Waals surface area contributed by atoms with Crippen LogP contribution in [0, 0.1) is 0 Å². The van der Waals surface area contributed by atoms with Gasteiger partial charge in [0.25, 0.3) is 0 Å². The number of rotatable bonds is 3. The van der Waals surface area contributed by atoms with E-state index in [2.05, 4.69) is 11.0 Å². The lowest BCUT2D eigenvalue weighted by Gasteiger charge is -2.06. The first-order chi connectivity index (χ1) is 6.18. The SMILES string of the molecule is CC(=O)NNOc1cccc(Cl)c1. The highest BCUT2D eigenvalue weighted by Gasteiger charge is 1.94. The number of nitrogens with one attached hydrogen (secondary N) is 2. The number of halogens is 1. The number of benzene rings is 1. The number of carbonyl (C=O) groups is 1. The van der Waals surface area contributed by atoms with Gasteiger partial charge in [-0.25, -0.2) is 0 Å². The number of hydrogen-bond donors (Lipinski definition) is 2. The lowest BCUT2D eigenvalue weighted by atomic mass is 10.3. The summed E-state index contributed by atoms with van der Waals surface area (Å²) in [6, 6.07) is 6.80. The van der Waals surface area contributed by atoms with Crippen molar-refractivity contribution in [2.75, 3.05) is 0 Å². The van der Waals surface area contributed by atoms with E-state index in [1.807, 2.05) is 0 Å². The molecule has 0 saturated heterocycles. The fraction of sp³-hybridized carbons (Fsp3) is 0.125. The van der Waals surface area contributed by atoms with E-state index in [9.17, 15) is 4.79 Å². The van der Waals surface area contributed by atoms with Crippen molar-refractivity contribution >= 4 is 17.5 Å². The Morgan fingerprint density at radius 3 is 2.92 bits per heavy atom. The second kappa shape index (κ2) is 4.69. The van der Waals surface area contributed by atoms with Crippen molar-refractivity contribution in [2.24, 2.45) is 0 Å². The molecule has 13 heavy (non-hydrogen) atoms. The van der Waals surface area contributed by atoms with Crippen molar-refractivity contribution in [1.29, 1.82) is 0 Å². The molecule has 0 unspecified atom stereocenters. The van der Waals surface area contributed by atoms with Gasteiger partial charge in [0.15, 0.2) is 5.75 Å². The molecule has 0 fully saturated rings. The molecule has 1 rings (SSSR count). The normalized spacial score (nSPS) is 9.38. The van der Waals surface area contributed by atoms with Crippen molar-refractivity contribution in [3.8, 4) is 5.75 Å². The van der Waals surface area contributed by atoms with Crippen LogP contribution in [-0.4, -0.2) is 5.91 Å². The first kappa shape index (κ1) is 9.83. The zero-order valence-electron chi connectivity index (χ0n) is 7.00. The summed E-state index contributed by atoms with van der Waals surface area (Å²) in [5.74, 6) is 0.295. The molecule has 70 valence electrons. The van der Waals surface area contributed by atoms with E-state index in [0.29, 0.717) is 10.8 Å². The van der Waals surface area contributed by atoms with Gasteiger partial charge in [0.1, 0.15) is 0 Å². The predicted octanol–water partition coefficient (Wildman–Crippen LogP) is 1.27. The largest absolute Gasteiger partial charge is 0.389 e. The van der Waals surface area contributed by atoms with E-state index < -0.39 is 0 Å². The Morgan fingerprint density at radius 1 is 1.54 bits per heavy atom. The van der Waals surface area contributed by atoms with Crippen molar-refractivity contribution in [3.05, 3.63) is 29.3 Å². The molecule has 0 aromatic heterocycles. The summed E-state index contributed by atoms with van der Waals surface area (Å²) in [5.41, 5.74) is 4.53. The second-order valence-electron chi connectivity index (χ2n) is 2.34. The van der Waals surface area contributed by atoms with Crippen LogP contribution in [0.1, 0.15) is 6.92 Å². The topological polar surface area (TPSA) is 50.4 Å². The molecule has 1 aromatic carbocycles. The van der Waals surface area contributed by atoms with Crippen molar-refractivity contribution < 1.29 is 9.63 Å². The van der Waals surface area contributed by atoms with E-state index in [1.165, 1.54) is 6.92 Å². The van der Waals surface area contributed by atoms with Crippen LogP contribution in [0.5, 0.6) is 5.75 Å². The van der Waals surface area contributed by atoms with Gasteiger partial charge in [-0.05, 0) is 12.1 Å². The molecule has 0 saturated carbocycles. The Kier molecular flexibility index (Phi) is 3.54. The standard InChI is InChI=1S/C8H9ClN2O2/c1-6(12)10-11-13-8-4-2-3-7(9)5-8/h2-5,11H,1H3,(H,10,12). The molecule has 1 aromatic rings. The Morgan fingerprint density at radius 2 is 2.31 bits per heavy atom. The van der Waals surface area contributed by atoms with Crippen LogP contribution in [0.25, 0.3) is 0 Å². The number of carbonyl (C=O) groups excluding carboxylic acids is 1. The van der Waals surface area contributed by atoms with Crippen LogP contribution in [0.4, 0.5) is 0 Å². The fourth-order valence-electron chi connectivity index (χ4n) is 0.687. The van der Waals surface area contributed by atoms with Gasteiger partial charge in [-0.1, -0.05) is 23.3 Å². The highest BCUT2D eigenvalue weighted by molar-refractivity contribution is 6.30. The van der Waals surface area contributed by atoms with Gasteiger partial charge < -0.3 is 4.84 Å². The van der Waals surface area contributed by atoms with E-state index >= 15 is 0 Å². The maximum absolute atomic E-state index is 10.4. The lowest BCUT2D eigenvalue weighted by Crippen LogP contribution is -2.38. The minimum atomic E-state index is -0.234. The maximum Gasteiger partial charge on any atom is 0.233 e. The molecule has 1 amide bonds. The maximum atomic E-state index is 10.4. The fourth-order valence-corrected chi connectivity index (χ4v) is 0.867. The summed E-state index contributed by atoms with van der Waals surface area (Å²) in [6.07, 6.45) is 0. The first-order valence-electron chi connectivity index (χ1n) is 3.62. The van der Waals surface area contributed by atoms with Crippen LogP contribution >= 0.6 is 11.6 Å². The third kappa shape index (κ3) is 3.78. The summed E-state index contributed by atoms with van der Waals surface area (Å²) in [4.78, 5) is 15.4. The van der Waals surface area contributed by atoms with Crippen LogP contribution in [0.15, 0.2) is 24.3 Å². The molecule has 5 heteroatoms. The quantitative estimate of drug-likeness (QED) is 0.723. The molecule has 2 N–H and O–H groups in total. The van der Waals surface area contributed by atoms with Gasteiger partial charge in [-0.3, -0.25) is 10.2 Å². The monoisotopic (exact) mass is 200 g/mol. The average molecular weight is 201 g/mol. The van der Waals surface area contributed by atoms with Crippen molar-refractivity contribution in [3.63, 3.8) is 0 Å². The highest BCUT2D eigenvalue weighted by Crippen LogP contribution is 2.15. The molecular formula is C8H9ClN2O2. The number of amides is 1. The first-order valence-corrected chi connectivity index (χ1v) is 4.00. The van der Waals surface area contributed by atoms with Gasteiger partial charge in [0, 0.05) is 18.0 Å². The molecule has 0 radical (unpaired) electrons. The van der Waals surface area contributed by atoms with Crippen molar-refractivity contribution in [2.45, 2.75) is 6.92 Å². The smallest absolute Gasteiger partial charge is 0.233 e. The number of hydrazine groups is 1. The summed E-state index contributed by atoms with van der Waals surface area (Å²) in [5, 5.41) is 0.571. The Balaban J connectivity index is 2.41. The van der Waals surface area contributed by atoms with E-state index in [1.54, 1.807) is 24.3 Å². The molecule has 0 aliphatic carbocycles. The van der Waals surface area contributed by atoms with Crippen LogP contribution in [0.2, 0.25) is 5.02 Å². The zero-order chi connectivity index (χ0) is 9.68. The average Bonchev–Trinajstić information content (AvgIpc) is 2.03. The molecule has 0 spiro atoms. The number of hydrogen-bond acceptors (Lipinski definition) is 3. The van der Waals surface area contributed by atoms with Gasteiger partial charge >= 0.3 is 0 Å². The van der Waals surface area contributed by atoms with E-state index in [-0.39, 0.29) is 5.91 Å². The van der Waals surface area contributed by atoms with Gasteiger partial charge in [-0.15, -0.1) is 0 Å². The van der Waals surface area contributed by atoms with Gasteiger partial charge in [0.05, 0.1) is 0 Å². The van der Waals surface area contributed by atoms with Gasteiger partial charge in [0.2, 0.25) is 5.91 Å². The minimum Gasteiger partial charge on any atom is -0.389 e. The van der Waals surface area contributed by atoms with Crippen LogP contribution < -0.4 is 15.9 Å². The Hall–Kier alpha value is -1.26. The summed E-state index contributed by atoms with van der Waals surface area (Å²) in [7, 11) is 0. The van der Waals surface area contributed by atoms with Gasteiger partial charge in [-0.2, -0.15) is 0 Å². The summed E-state index contributed by atoms with van der Waals surface area (Å²) in [6.45, 7) is 1.37. The minimum absolute atomic E-state index is 0.234. The molecule has 0 aliphatic rings. The Labute approximate surface area is 80.8 Å². The molecule has 0 heterocycles. The van der Waals surface area contributed by atoms with Crippen LogP contribution in [-0.2, 0) is 4.79 Å². The van der Waals surface area contributed by atoms with Crippen molar-refractivity contribution in [1.82, 2.24) is 11.0 Å². The summed E-state index contributed by atoms with van der Waals surface area (Å²) >= 11 is 5.69. The molecular weight excluding hydrogens is 192 g/mol. The lowest BCUT2D eigenvalue weighted by molar-refractivity contribution is -0.122. The third-order valence-corrected chi connectivity index (χ3v) is 1.43. The Bertz CT molecular complexity index is 304.